The zero-order valence-corrected chi connectivity index (χ0v) is 11.3. The van der Waals surface area contributed by atoms with Crippen molar-refractivity contribution >= 4 is 22.9 Å². The fraction of sp³-hybridized carbons (Fsp3) is 0.231. The molecule has 0 amide bonds. The molecule has 0 radical (unpaired) electrons. The summed E-state index contributed by atoms with van der Waals surface area (Å²) in [5.41, 5.74) is 3.32. The number of hydrazine groups is 1. The minimum atomic E-state index is -0.356. The Morgan fingerprint density at radius 1 is 1.28 bits per heavy atom. The van der Waals surface area contributed by atoms with E-state index in [0.717, 1.165) is 6.42 Å². The second-order valence-corrected chi connectivity index (χ2v) is 5.50. The van der Waals surface area contributed by atoms with Gasteiger partial charge in [-0.3, -0.25) is 11.3 Å². The number of hydrogen-bond donors (Lipinski definition) is 2. The molecule has 1 aromatic carbocycles. The van der Waals surface area contributed by atoms with Gasteiger partial charge in [0.2, 0.25) is 0 Å². The molecule has 0 aliphatic heterocycles. The Hall–Kier alpha value is -0.940. The van der Waals surface area contributed by atoms with Gasteiger partial charge in [0.25, 0.3) is 0 Å². The van der Waals surface area contributed by atoms with Crippen LogP contribution in [0.1, 0.15) is 10.4 Å². The first-order chi connectivity index (χ1) is 8.70. The van der Waals surface area contributed by atoms with Gasteiger partial charge in [0, 0.05) is 10.9 Å². The van der Waals surface area contributed by atoms with Gasteiger partial charge in [-0.2, -0.15) is 0 Å². The first-order valence-electron chi connectivity index (χ1n) is 5.62. The van der Waals surface area contributed by atoms with Crippen molar-refractivity contribution in [1.29, 1.82) is 0 Å². The molecule has 0 saturated carbocycles. The maximum absolute atomic E-state index is 13.8. The van der Waals surface area contributed by atoms with Crippen LogP contribution in [0, 0.1) is 5.82 Å². The van der Waals surface area contributed by atoms with Gasteiger partial charge in [0.1, 0.15) is 5.82 Å². The molecule has 2 nitrogen and oxygen atoms in total. The molecule has 96 valence electrons. The van der Waals surface area contributed by atoms with Crippen molar-refractivity contribution < 1.29 is 4.39 Å². The maximum Gasteiger partial charge on any atom is 0.145 e. The monoisotopic (exact) mass is 284 g/mol. The highest BCUT2D eigenvalue weighted by Crippen LogP contribution is 2.20. The largest absolute Gasteiger partial charge is 0.271 e. The Morgan fingerprint density at radius 3 is 2.78 bits per heavy atom. The normalized spacial score (nSPS) is 12.6. The van der Waals surface area contributed by atoms with Gasteiger partial charge in [-0.15, -0.1) is 11.3 Å². The summed E-state index contributed by atoms with van der Waals surface area (Å²) in [6.45, 7) is 0. The first kappa shape index (κ1) is 13.5. The van der Waals surface area contributed by atoms with E-state index in [-0.39, 0.29) is 16.9 Å². The summed E-state index contributed by atoms with van der Waals surface area (Å²) >= 11 is 7.43. The van der Waals surface area contributed by atoms with Crippen molar-refractivity contribution in [2.75, 3.05) is 0 Å². The molecule has 3 N–H and O–H groups in total. The molecule has 5 heteroatoms. The van der Waals surface area contributed by atoms with Crippen LogP contribution in [-0.2, 0) is 12.8 Å². The lowest BCUT2D eigenvalue weighted by molar-refractivity contribution is 0.509. The lowest BCUT2D eigenvalue weighted by atomic mass is 10.0. The highest BCUT2D eigenvalue weighted by Gasteiger charge is 2.13. The predicted octanol–water partition coefficient (Wildman–Crippen LogP) is 3.16. The van der Waals surface area contributed by atoms with E-state index >= 15 is 0 Å². The maximum atomic E-state index is 13.8. The van der Waals surface area contributed by atoms with E-state index in [1.807, 2.05) is 17.5 Å². The fourth-order valence-corrected chi connectivity index (χ4v) is 2.81. The van der Waals surface area contributed by atoms with Gasteiger partial charge in [-0.05, 0) is 35.9 Å². The summed E-state index contributed by atoms with van der Waals surface area (Å²) in [4.78, 5) is 1.22. The van der Waals surface area contributed by atoms with E-state index in [9.17, 15) is 4.39 Å². The molecule has 1 atom stereocenters. The predicted molar refractivity (Wildman–Crippen MR) is 74.2 cm³/mol. The number of nitrogens with one attached hydrogen (secondary N) is 1. The number of thiophene rings is 1. The van der Waals surface area contributed by atoms with Crippen LogP contribution < -0.4 is 11.3 Å². The molecular weight excluding hydrogens is 271 g/mol. The van der Waals surface area contributed by atoms with E-state index in [1.54, 1.807) is 29.5 Å². The Balaban J connectivity index is 2.08. The number of benzene rings is 1. The molecule has 0 aliphatic carbocycles. The minimum absolute atomic E-state index is 0.00313. The second-order valence-electron chi connectivity index (χ2n) is 4.06. The summed E-state index contributed by atoms with van der Waals surface area (Å²) in [5, 5.41) is 2.17. The minimum Gasteiger partial charge on any atom is -0.271 e. The molecular formula is C13H14ClFN2S. The number of rotatable bonds is 5. The first-order valence-corrected chi connectivity index (χ1v) is 6.88. The zero-order valence-electron chi connectivity index (χ0n) is 9.70. The number of nitrogens with two attached hydrogens (primary N) is 1. The van der Waals surface area contributed by atoms with Gasteiger partial charge in [-0.1, -0.05) is 29.8 Å². The smallest absolute Gasteiger partial charge is 0.145 e. The van der Waals surface area contributed by atoms with Crippen molar-refractivity contribution in [1.82, 2.24) is 5.43 Å². The van der Waals surface area contributed by atoms with E-state index in [1.165, 1.54) is 4.88 Å². The SMILES string of the molecule is NNC(Cc1cccs1)Cc1cccc(Cl)c1F. The topological polar surface area (TPSA) is 38.0 Å². The standard InChI is InChI=1S/C13H14ClFN2S/c14-12-5-1-3-9(13(12)15)7-10(17-16)8-11-4-2-6-18-11/h1-6,10,17H,7-8,16H2. The highest BCUT2D eigenvalue weighted by molar-refractivity contribution is 7.09. The summed E-state index contributed by atoms with van der Waals surface area (Å²) in [5.74, 6) is 5.17. The molecule has 0 spiro atoms. The lowest BCUT2D eigenvalue weighted by Gasteiger charge is -2.15. The molecule has 0 saturated heterocycles. The van der Waals surface area contributed by atoms with Gasteiger partial charge in [0.15, 0.2) is 0 Å². The molecule has 1 heterocycles. The molecule has 2 aromatic rings. The Morgan fingerprint density at radius 2 is 2.11 bits per heavy atom. The second kappa shape index (κ2) is 6.29. The summed E-state index contributed by atoms with van der Waals surface area (Å²) < 4.78 is 13.8. The highest BCUT2D eigenvalue weighted by atomic mass is 35.5. The van der Waals surface area contributed by atoms with Crippen molar-refractivity contribution in [2.24, 2.45) is 5.84 Å². The third-order valence-electron chi connectivity index (χ3n) is 2.76. The molecule has 18 heavy (non-hydrogen) atoms. The summed E-state index contributed by atoms with van der Waals surface area (Å²) in [6.07, 6.45) is 1.29. The van der Waals surface area contributed by atoms with E-state index in [4.69, 9.17) is 17.4 Å². The Bertz CT molecular complexity index is 502. The third-order valence-corrected chi connectivity index (χ3v) is 3.95. The average Bonchev–Trinajstić information content (AvgIpc) is 2.86. The van der Waals surface area contributed by atoms with Crippen molar-refractivity contribution in [3.8, 4) is 0 Å². The lowest BCUT2D eigenvalue weighted by Crippen LogP contribution is -2.38. The summed E-state index contributed by atoms with van der Waals surface area (Å²) in [7, 11) is 0. The average molecular weight is 285 g/mol. The van der Waals surface area contributed by atoms with Gasteiger partial charge >= 0.3 is 0 Å². The summed E-state index contributed by atoms with van der Waals surface area (Å²) in [6, 6.07) is 9.07. The van der Waals surface area contributed by atoms with Crippen LogP contribution in [-0.4, -0.2) is 6.04 Å². The van der Waals surface area contributed by atoms with Crippen LogP contribution in [0.15, 0.2) is 35.7 Å². The van der Waals surface area contributed by atoms with Crippen molar-refractivity contribution in [3.63, 3.8) is 0 Å². The van der Waals surface area contributed by atoms with Gasteiger partial charge in [0.05, 0.1) is 5.02 Å². The third kappa shape index (κ3) is 3.29. The van der Waals surface area contributed by atoms with Crippen molar-refractivity contribution in [2.45, 2.75) is 18.9 Å². The molecule has 0 bridgehead atoms. The van der Waals surface area contributed by atoms with Gasteiger partial charge in [-0.25, -0.2) is 4.39 Å². The van der Waals surface area contributed by atoms with Crippen LogP contribution in [0.3, 0.4) is 0 Å². The van der Waals surface area contributed by atoms with Crippen LogP contribution >= 0.6 is 22.9 Å². The quantitative estimate of drug-likeness (QED) is 0.654. The van der Waals surface area contributed by atoms with Gasteiger partial charge < -0.3 is 0 Å². The van der Waals surface area contributed by atoms with Crippen LogP contribution in [0.25, 0.3) is 0 Å². The van der Waals surface area contributed by atoms with E-state index in [0.29, 0.717) is 12.0 Å². The van der Waals surface area contributed by atoms with E-state index < -0.39 is 0 Å². The molecule has 0 fully saturated rings. The Labute approximate surface area is 115 Å². The number of halogens is 2. The molecule has 1 unspecified atom stereocenters. The number of hydrogen-bond acceptors (Lipinski definition) is 3. The molecule has 0 aliphatic rings. The van der Waals surface area contributed by atoms with E-state index in [2.05, 4.69) is 5.43 Å². The van der Waals surface area contributed by atoms with Crippen LogP contribution in [0.5, 0.6) is 0 Å². The van der Waals surface area contributed by atoms with Crippen LogP contribution in [0.2, 0.25) is 5.02 Å². The van der Waals surface area contributed by atoms with Crippen LogP contribution in [0.4, 0.5) is 4.39 Å². The fourth-order valence-electron chi connectivity index (χ4n) is 1.83. The Kier molecular flexibility index (Phi) is 4.72. The molecule has 2 rings (SSSR count). The molecule has 1 aromatic heterocycles. The van der Waals surface area contributed by atoms with Crippen molar-refractivity contribution in [3.05, 3.63) is 57.0 Å². The zero-order chi connectivity index (χ0) is 13.0.